The molecule has 8 heteroatoms. The minimum absolute atomic E-state index is 0.327. The molecule has 4 nitrogen and oxygen atoms in total. The molecule has 2 unspecified atom stereocenters. The molecule has 0 aromatic heterocycles. The summed E-state index contributed by atoms with van der Waals surface area (Å²) in [7, 11) is 0. The van der Waals surface area contributed by atoms with Gasteiger partial charge < -0.3 is 19.9 Å². The molecule has 0 spiro atoms. The average Bonchev–Trinajstić information content (AvgIpc) is 3.20. The van der Waals surface area contributed by atoms with Gasteiger partial charge in [0.05, 0.1) is 29.0 Å². The van der Waals surface area contributed by atoms with Crippen LogP contribution in [0.2, 0.25) is 15.1 Å². The third-order valence-corrected chi connectivity index (χ3v) is 6.00. The van der Waals surface area contributed by atoms with E-state index in [1.54, 1.807) is 6.08 Å². The highest BCUT2D eigenvalue weighted by atomic mass is 35.5. The predicted octanol–water partition coefficient (Wildman–Crippen LogP) is 6.61. The van der Waals surface area contributed by atoms with Crippen LogP contribution >= 0.6 is 46.4 Å². The van der Waals surface area contributed by atoms with Crippen molar-refractivity contribution in [3.63, 3.8) is 0 Å². The fraction of sp³-hybridized carbons (Fsp3) is 0.273. The number of hydrogen-bond acceptors (Lipinski definition) is 4. The normalized spacial score (nSPS) is 15.3. The smallest absolute Gasteiger partial charge is 0.135 e. The standard InChI is InChI=1S/C22H23Cl4N3O/c1-2-14-30-21(16-6-8-17(23)9-7-16)22(26)29-13-12-28(15-29)11-10-27-20-18(24)4-3-5-19(20)25/h2-9,12-13,21-22,27H,1,10-11,14-15H2. The fourth-order valence-electron chi connectivity index (χ4n) is 3.11. The van der Waals surface area contributed by atoms with E-state index < -0.39 is 5.50 Å². The first kappa shape index (κ1) is 23.1. The SMILES string of the molecule is C=CCOC(c1ccc(Cl)cc1)C(Cl)N1C=CN(CCNc2c(Cl)cccc2Cl)C1. The Kier molecular flexibility index (Phi) is 8.61. The highest BCUT2D eigenvalue weighted by molar-refractivity contribution is 6.39. The summed E-state index contributed by atoms with van der Waals surface area (Å²) in [6.45, 7) is 6.22. The van der Waals surface area contributed by atoms with Gasteiger partial charge >= 0.3 is 0 Å². The molecule has 1 aliphatic heterocycles. The van der Waals surface area contributed by atoms with E-state index in [4.69, 9.17) is 51.1 Å². The molecule has 2 atom stereocenters. The predicted molar refractivity (Wildman–Crippen MR) is 127 cm³/mol. The van der Waals surface area contributed by atoms with E-state index in [1.807, 2.05) is 59.8 Å². The molecule has 160 valence electrons. The van der Waals surface area contributed by atoms with Crippen LogP contribution in [0, 0.1) is 0 Å². The number of halogens is 4. The van der Waals surface area contributed by atoms with Crippen LogP contribution in [0.5, 0.6) is 0 Å². The molecule has 1 heterocycles. The second-order valence-corrected chi connectivity index (χ2v) is 8.45. The molecule has 0 saturated carbocycles. The van der Waals surface area contributed by atoms with Crippen molar-refractivity contribution in [2.75, 3.05) is 31.7 Å². The summed E-state index contributed by atoms with van der Waals surface area (Å²) in [6, 6.07) is 13.0. The molecule has 3 rings (SSSR count). The lowest BCUT2D eigenvalue weighted by molar-refractivity contribution is 0.0343. The van der Waals surface area contributed by atoms with Crippen LogP contribution in [0.1, 0.15) is 11.7 Å². The lowest BCUT2D eigenvalue weighted by Crippen LogP contribution is -2.36. The van der Waals surface area contributed by atoms with Crippen molar-refractivity contribution in [2.24, 2.45) is 0 Å². The molecule has 30 heavy (non-hydrogen) atoms. The van der Waals surface area contributed by atoms with Crippen LogP contribution in [0.25, 0.3) is 0 Å². The lowest BCUT2D eigenvalue weighted by atomic mass is 10.1. The Morgan fingerprint density at radius 1 is 1.07 bits per heavy atom. The van der Waals surface area contributed by atoms with Crippen LogP contribution in [0.3, 0.4) is 0 Å². The first-order valence-corrected chi connectivity index (χ1v) is 11.0. The van der Waals surface area contributed by atoms with Crippen molar-refractivity contribution >= 4 is 52.1 Å². The molecule has 0 radical (unpaired) electrons. The van der Waals surface area contributed by atoms with Gasteiger partial charge in [0.15, 0.2) is 0 Å². The summed E-state index contributed by atoms with van der Waals surface area (Å²) in [5.74, 6) is 0. The molecule has 0 bridgehead atoms. The van der Waals surface area contributed by atoms with Gasteiger partial charge in [-0.05, 0) is 29.8 Å². The number of nitrogens with one attached hydrogen (secondary N) is 1. The van der Waals surface area contributed by atoms with Crippen molar-refractivity contribution in [2.45, 2.75) is 11.6 Å². The number of anilines is 1. The minimum atomic E-state index is -0.390. The topological polar surface area (TPSA) is 27.7 Å². The second-order valence-electron chi connectivity index (χ2n) is 6.76. The maximum absolute atomic E-state index is 6.81. The molecule has 0 saturated heterocycles. The zero-order chi connectivity index (χ0) is 21.5. The van der Waals surface area contributed by atoms with Crippen molar-refractivity contribution in [1.82, 2.24) is 9.80 Å². The number of alkyl halides is 1. The number of benzene rings is 2. The van der Waals surface area contributed by atoms with E-state index in [2.05, 4.69) is 16.8 Å². The number of nitrogens with zero attached hydrogens (tertiary/aromatic N) is 2. The largest absolute Gasteiger partial charge is 0.381 e. The van der Waals surface area contributed by atoms with Gasteiger partial charge in [0.25, 0.3) is 0 Å². The van der Waals surface area contributed by atoms with E-state index in [-0.39, 0.29) is 6.10 Å². The lowest BCUT2D eigenvalue weighted by Gasteiger charge is -2.31. The highest BCUT2D eigenvalue weighted by Crippen LogP contribution is 2.31. The van der Waals surface area contributed by atoms with E-state index in [9.17, 15) is 0 Å². The molecule has 2 aromatic rings. The zero-order valence-electron chi connectivity index (χ0n) is 16.3. The quantitative estimate of drug-likeness (QED) is 0.232. The number of rotatable bonds is 10. The molecule has 0 fully saturated rings. The fourth-order valence-corrected chi connectivity index (χ4v) is 4.12. The van der Waals surface area contributed by atoms with Gasteiger partial charge in [-0.3, -0.25) is 0 Å². The van der Waals surface area contributed by atoms with Crippen molar-refractivity contribution in [3.05, 3.63) is 88.2 Å². The van der Waals surface area contributed by atoms with Crippen molar-refractivity contribution < 1.29 is 4.74 Å². The summed E-state index contributed by atoms with van der Waals surface area (Å²) in [5, 5.41) is 5.17. The van der Waals surface area contributed by atoms with Crippen LogP contribution < -0.4 is 5.32 Å². The monoisotopic (exact) mass is 485 g/mol. The number of para-hydroxylation sites is 1. The summed E-state index contributed by atoms with van der Waals surface area (Å²) < 4.78 is 5.96. The van der Waals surface area contributed by atoms with Gasteiger partial charge in [0, 0.05) is 30.5 Å². The second kappa shape index (κ2) is 11.2. The maximum atomic E-state index is 6.81. The van der Waals surface area contributed by atoms with Crippen LogP contribution in [-0.4, -0.2) is 41.7 Å². The molecule has 0 aliphatic carbocycles. The van der Waals surface area contributed by atoms with Gasteiger partial charge in [0.2, 0.25) is 0 Å². The average molecular weight is 487 g/mol. The summed E-state index contributed by atoms with van der Waals surface area (Å²) in [5.41, 5.74) is 1.32. The van der Waals surface area contributed by atoms with Gasteiger partial charge in [-0.2, -0.15) is 0 Å². The maximum Gasteiger partial charge on any atom is 0.135 e. The molecule has 2 aromatic carbocycles. The summed E-state index contributed by atoms with van der Waals surface area (Å²) >= 11 is 25.2. The van der Waals surface area contributed by atoms with Crippen LogP contribution in [0.4, 0.5) is 5.69 Å². The van der Waals surface area contributed by atoms with E-state index >= 15 is 0 Å². The Balaban J connectivity index is 1.56. The van der Waals surface area contributed by atoms with Gasteiger partial charge in [0.1, 0.15) is 11.6 Å². The van der Waals surface area contributed by atoms with Gasteiger partial charge in [-0.25, -0.2) is 0 Å². The molecule has 0 amide bonds. The first-order valence-electron chi connectivity index (χ1n) is 9.47. The van der Waals surface area contributed by atoms with Crippen molar-refractivity contribution in [3.8, 4) is 0 Å². The summed E-state index contributed by atoms with van der Waals surface area (Å²) in [4.78, 5) is 4.19. The molecule has 1 N–H and O–H groups in total. The highest BCUT2D eigenvalue weighted by Gasteiger charge is 2.29. The Morgan fingerprint density at radius 3 is 2.43 bits per heavy atom. The zero-order valence-corrected chi connectivity index (χ0v) is 19.3. The Bertz CT molecular complexity index is 855. The van der Waals surface area contributed by atoms with Gasteiger partial charge in [-0.1, -0.05) is 70.7 Å². The van der Waals surface area contributed by atoms with Gasteiger partial charge in [-0.15, -0.1) is 6.58 Å². The summed E-state index contributed by atoms with van der Waals surface area (Å²) in [6.07, 6.45) is 5.37. The number of ether oxygens (including phenoxy) is 1. The van der Waals surface area contributed by atoms with Crippen LogP contribution in [-0.2, 0) is 4.74 Å². The van der Waals surface area contributed by atoms with E-state index in [1.165, 1.54) is 0 Å². The van der Waals surface area contributed by atoms with Crippen molar-refractivity contribution in [1.29, 1.82) is 0 Å². The molecule has 1 aliphatic rings. The van der Waals surface area contributed by atoms with E-state index in [0.717, 1.165) is 17.8 Å². The third kappa shape index (κ3) is 5.99. The van der Waals surface area contributed by atoms with Crippen LogP contribution in [0.15, 0.2) is 67.5 Å². The number of hydrogen-bond donors (Lipinski definition) is 1. The first-order chi connectivity index (χ1) is 14.5. The Morgan fingerprint density at radius 2 is 1.77 bits per heavy atom. The molecular formula is C22H23Cl4N3O. The minimum Gasteiger partial charge on any atom is -0.381 e. The van der Waals surface area contributed by atoms with E-state index in [0.29, 0.717) is 34.9 Å². The molecular weight excluding hydrogens is 464 g/mol. The third-order valence-electron chi connectivity index (χ3n) is 4.64. The Labute approximate surface area is 197 Å². The Hall–Kier alpha value is -1.56.